The molecule has 3 rings (SSSR count). The summed E-state index contributed by atoms with van der Waals surface area (Å²) in [5, 5.41) is 4.67. The zero-order valence-electron chi connectivity index (χ0n) is 12.4. The number of hydrogen-bond acceptors (Lipinski definition) is 2. The second kappa shape index (κ2) is 6.70. The number of nitrogens with zero attached hydrogens (tertiary/aromatic N) is 2. The molecule has 0 unspecified atom stereocenters. The highest BCUT2D eigenvalue weighted by Crippen LogP contribution is 2.28. The van der Waals surface area contributed by atoms with Gasteiger partial charge in [-0.2, -0.15) is 5.10 Å². The fourth-order valence-corrected chi connectivity index (χ4v) is 3.08. The van der Waals surface area contributed by atoms with Crippen LogP contribution in [-0.4, -0.2) is 15.6 Å². The lowest BCUT2D eigenvalue weighted by Gasteiger charge is -2.08. The Hall–Kier alpha value is -1.90. The molecule has 21 heavy (non-hydrogen) atoms. The van der Waals surface area contributed by atoms with E-state index >= 15 is 0 Å². The summed E-state index contributed by atoms with van der Waals surface area (Å²) in [4.78, 5) is 12.0. The Morgan fingerprint density at radius 1 is 1.14 bits per heavy atom. The van der Waals surface area contributed by atoms with E-state index in [0.29, 0.717) is 12.5 Å². The molecule has 1 aromatic heterocycles. The van der Waals surface area contributed by atoms with Crippen molar-refractivity contribution in [1.82, 2.24) is 9.78 Å². The molecule has 2 aromatic rings. The summed E-state index contributed by atoms with van der Waals surface area (Å²) in [7, 11) is 0. The smallest absolute Gasteiger partial charge is 0.162 e. The van der Waals surface area contributed by atoms with Crippen LogP contribution in [0.3, 0.4) is 0 Å². The maximum Gasteiger partial charge on any atom is 0.162 e. The van der Waals surface area contributed by atoms with Gasteiger partial charge in [-0.25, -0.2) is 0 Å². The van der Waals surface area contributed by atoms with Crippen molar-refractivity contribution in [2.45, 2.75) is 51.0 Å². The first-order valence-corrected chi connectivity index (χ1v) is 7.95. The van der Waals surface area contributed by atoms with E-state index in [-0.39, 0.29) is 5.78 Å². The third kappa shape index (κ3) is 3.60. The van der Waals surface area contributed by atoms with E-state index in [2.05, 4.69) is 22.0 Å². The number of benzene rings is 1. The van der Waals surface area contributed by atoms with E-state index in [1.54, 1.807) is 0 Å². The van der Waals surface area contributed by atoms with Crippen LogP contribution in [0.2, 0.25) is 0 Å². The summed E-state index contributed by atoms with van der Waals surface area (Å²) >= 11 is 0. The van der Waals surface area contributed by atoms with E-state index in [4.69, 9.17) is 0 Å². The third-order valence-corrected chi connectivity index (χ3v) is 4.29. The van der Waals surface area contributed by atoms with Crippen molar-refractivity contribution in [3.8, 4) is 0 Å². The van der Waals surface area contributed by atoms with Crippen molar-refractivity contribution in [2.75, 3.05) is 0 Å². The number of rotatable bonds is 6. The topological polar surface area (TPSA) is 34.9 Å². The zero-order valence-corrected chi connectivity index (χ0v) is 12.4. The quantitative estimate of drug-likeness (QED) is 0.744. The fourth-order valence-electron chi connectivity index (χ4n) is 3.08. The Morgan fingerprint density at radius 2 is 1.90 bits per heavy atom. The molecule has 3 heteroatoms. The Bertz CT molecular complexity index is 582. The number of aryl methyl sites for hydroxylation is 1. The Balaban J connectivity index is 1.48. The lowest BCUT2D eigenvalue weighted by molar-refractivity contribution is 0.0980. The molecule has 1 fully saturated rings. The van der Waals surface area contributed by atoms with Crippen LogP contribution in [0.1, 0.15) is 60.6 Å². The minimum atomic E-state index is 0.228. The molecule has 1 saturated carbocycles. The van der Waals surface area contributed by atoms with E-state index in [0.717, 1.165) is 24.1 Å². The van der Waals surface area contributed by atoms with Crippen LogP contribution in [0, 0.1) is 0 Å². The van der Waals surface area contributed by atoms with Crippen molar-refractivity contribution in [1.29, 1.82) is 0 Å². The molecular weight excluding hydrogens is 260 g/mol. The van der Waals surface area contributed by atoms with E-state index in [1.165, 1.54) is 25.7 Å². The zero-order chi connectivity index (χ0) is 14.5. The SMILES string of the molecule is O=C(CCCc1ccn(C2CCCC2)n1)c1ccccc1. The minimum absolute atomic E-state index is 0.228. The molecule has 1 aliphatic rings. The second-order valence-electron chi connectivity index (χ2n) is 5.87. The summed E-state index contributed by atoms with van der Waals surface area (Å²) in [5.41, 5.74) is 1.93. The highest BCUT2D eigenvalue weighted by atomic mass is 16.1. The van der Waals surface area contributed by atoms with Crippen LogP contribution in [0.15, 0.2) is 42.6 Å². The van der Waals surface area contributed by atoms with Crippen molar-refractivity contribution < 1.29 is 4.79 Å². The monoisotopic (exact) mass is 282 g/mol. The van der Waals surface area contributed by atoms with Gasteiger partial charge in [0, 0.05) is 18.2 Å². The van der Waals surface area contributed by atoms with Crippen molar-refractivity contribution in [2.24, 2.45) is 0 Å². The standard InChI is InChI=1S/C18H22N2O/c21-18(15-7-2-1-3-8-15)12-6-9-16-13-14-20(19-16)17-10-4-5-11-17/h1-3,7-8,13-14,17H,4-6,9-12H2. The van der Waals surface area contributed by atoms with Crippen molar-refractivity contribution >= 4 is 5.78 Å². The maximum atomic E-state index is 12.0. The van der Waals surface area contributed by atoms with Crippen molar-refractivity contribution in [3.05, 3.63) is 53.9 Å². The Labute approximate surface area is 126 Å². The number of aromatic nitrogens is 2. The molecule has 1 heterocycles. The van der Waals surface area contributed by atoms with E-state index in [9.17, 15) is 4.79 Å². The first kappa shape index (κ1) is 14.1. The largest absolute Gasteiger partial charge is 0.294 e. The van der Waals surface area contributed by atoms with Crippen LogP contribution in [0.5, 0.6) is 0 Å². The summed E-state index contributed by atoms with van der Waals surface area (Å²) in [6.07, 6.45) is 9.62. The van der Waals surface area contributed by atoms with E-state index < -0.39 is 0 Å². The lowest BCUT2D eigenvalue weighted by Crippen LogP contribution is -2.06. The number of Topliss-reactive ketones (excluding diaryl/α,β-unsaturated/α-hetero) is 1. The van der Waals surface area contributed by atoms with Gasteiger partial charge in [0.2, 0.25) is 0 Å². The molecule has 110 valence electrons. The van der Waals surface area contributed by atoms with Crippen molar-refractivity contribution in [3.63, 3.8) is 0 Å². The average Bonchev–Trinajstić information content (AvgIpc) is 3.19. The highest BCUT2D eigenvalue weighted by Gasteiger charge is 2.17. The molecule has 0 spiro atoms. The van der Waals surface area contributed by atoms with Gasteiger partial charge in [0.25, 0.3) is 0 Å². The summed E-state index contributed by atoms with van der Waals surface area (Å²) < 4.78 is 2.13. The molecular formula is C18H22N2O. The van der Waals surface area contributed by atoms with Gasteiger partial charge in [0.1, 0.15) is 0 Å². The summed E-state index contributed by atoms with van der Waals surface area (Å²) in [6.45, 7) is 0. The average molecular weight is 282 g/mol. The van der Waals surface area contributed by atoms with Crippen LogP contribution in [-0.2, 0) is 6.42 Å². The lowest BCUT2D eigenvalue weighted by atomic mass is 10.1. The van der Waals surface area contributed by atoms with Gasteiger partial charge in [-0.3, -0.25) is 9.48 Å². The molecule has 0 amide bonds. The minimum Gasteiger partial charge on any atom is -0.294 e. The highest BCUT2D eigenvalue weighted by molar-refractivity contribution is 5.95. The van der Waals surface area contributed by atoms with Gasteiger partial charge < -0.3 is 0 Å². The number of hydrogen-bond donors (Lipinski definition) is 0. The normalized spacial score (nSPS) is 15.4. The van der Waals surface area contributed by atoms with Crippen LogP contribution in [0.4, 0.5) is 0 Å². The van der Waals surface area contributed by atoms with Gasteiger partial charge in [0.15, 0.2) is 5.78 Å². The molecule has 0 atom stereocenters. The molecule has 1 aromatic carbocycles. The third-order valence-electron chi connectivity index (χ3n) is 4.29. The van der Waals surface area contributed by atoms with Crippen LogP contribution >= 0.6 is 0 Å². The molecule has 0 N–H and O–H groups in total. The number of carbonyl (C=O) groups is 1. The molecule has 3 nitrogen and oxygen atoms in total. The molecule has 0 saturated heterocycles. The predicted octanol–water partition coefficient (Wildman–Crippen LogP) is 4.20. The van der Waals surface area contributed by atoms with Gasteiger partial charge in [-0.1, -0.05) is 43.2 Å². The Kier molecular flexibility index (Phi) is 4.49. The van der Waals surface area contributed by atoms with Gasteiger partial charge >= 0.3 is 0 Å². The number of ketones is 1. The predicted molar refractivity (Wildman–Crippen MR) is 83.4 cm³/mol. The van der Waals surface area contributed by atoms with Gasteiger partial charge in [0.05, 0.1) is 11.7 Å². The summed E-state index contributed by atoms with van der Waals surface area (Å²) in [6, 6.07) is 12.2. The molecule has 0 aliphatic heterocycles. The second-order valence-corrected chi connectivity index (χ2v) is 5.87. The van der Waals surface area contributed by atoms with Gasteiger partial charge in [-0.15, -0.1) is 0 Å². The maximum absolute atomic E-state index is 12.0. The molecule has 0 bridgehead atoms. The van der Waals surface area contributed by atoms with E-state index in [1.807, 2.05) is 30.3 Å². The summed E-state index contributed by atoms with van der Waals surface area (Å²) in [5.74, 6) is 0.228. The molecule has 1 aliphatic carbocycles. The fraction of sp³-hybridized carbons (Fsp3) is 0.444. The Morgan fingerprint density at radius 3 is 2.67 bits per heavy atom. The van der Waals surface area contributed by atoms with Crippen LogP contribution in [0.25, 0.3) is 0 Å². The van der Waals surface area contributed by atoms with Crippen LogP contribution < -0.4 is 0 Å². The number of carbonyl (C=O) groups excluding carboxylic acids is 1. The first-order chi connectivity index (χ1) is 10.3. The first-order valence-electron chi connectivity index (χ1n) is 7.95. The molecule has 0 radical (unpaired) electrons. The van der Waals surface area contributed by atoms with Gasteiger partial charge in [-0.05, 0) is 31.7 Å².